The van der Waals surface area contributed by atoms with Crippen molar-refractivity contribution in [1.82, 2.24) is 0 Å². The zero-order valence-corrected chi connectivity index (χ0v) is 10.9. The van der Waals surface area contributed by atoms with Gasteiger partial charge in [0.2, 0.25) is 0 Å². The summed E-state index contributed by atoms with van der Waals surface area (Å²) in [5.74, 6) is 1.74. The molecule has 0 saturated carbocycles. The van der Waals surface area contributed by atoms with Gasteiger partial charge in [-0.25, -0.2) is 0 Å². The van der Waals surface area contributed by atoms with E-state index in [-0.39, 0.29) is 0 Å². The van der Waals surface area contributed by atoms with Crippen molar-refractivity contribution in [3.05, 3.63) is 59.2 Å². The molecular weight excluding hydrogens is 222 g/mol. The van der Waals surface area contributed by atoms with Gasteiger partial charge < -0.3 is 10.5 Å². The van der Waals surface area contributed by atoms with Crippen molar-refractivity contribution < 1.29 is 4.74 Å². The van der Waals surface area contributed by atoms with Gasteiger partial charge in [0.15, 0.2) is 0 Å². The number of hydrogen-bond acceptors (Lipinski definition) is 2. The summed E-state index contributed by atoms with van der Waals surface area (Å²) in [5, 5.41) is 0. The molecule has 0 atom stereocenters. The minimum Gasteiger partial charge on any atom is -0.457 e. The average Bonchev–Trinajstić information content (AvgIpc) is 2.36. The van der Waals surface area contributed by atoms with Crippen LogP contribution in [0.3, 0.4) is 0 Å². The van der Waals surface area contributed by atoms with Crippen molar-refractivity contribution >= 4 is 0 Å². The van der Waals surface area contributed by atoms with Gasteiger partial charge in [-0.15, -0.1) is 0 Å². The van der Waals surface area contributed by atoms with Crippen LogP contribution in [-0.4, -0.2) is 6.54 Å². The van der Waals surface area contributed by atoms with Gasteiger partial charge in [0.05, 0.1) is 0 Å². The van der Waals surface area contributed by atoms with Gasteiger partial charge in [-0.3, -0.25) is 0 Å². The molecule has 0 amide bonds. The minimum atomic E-state index is 0.680. The van der Waals surface area contributed by atoms with E-state index in [1.54, 1.807) is 0 Å². The zero-order chi connectivity index (χ0) is 13.0. The number of ether oxygens (including phenoxy) is 1. The van der Waals surface area contributed by atoms with E-state index in [0.717, 1.165) is 17.9 Å². The molecular formula is C16H19NO. The van der Waals surface area contributed by atoms with Crippen LogP contribution < -0.4 is 10.5 Å². The van der Waals surface area contributed by atoms with E-state index in [9.17, 15) is 0 Å². The van der Waals surface area contributed by atoms with Crippen LogP contribution in [0.1, 0.15) is 16.7 Å². The fraction of sp³-hybridized carbons (Fsp3) is 0.250. The lowest BCUT2D eigenvalue weighted by molar-refractivity contribution is 0.482. The van der Waals surface area contributed by atoms with Gasteiger partial charge in [-0.2, -0.15) is 0 Å². The molecule has 0 saturated heterocycles. The zero-order valence-electron chi connectivity index (χ0n) is 10.9. The summed E-state index contributed by atoms with van der Waals surface area (Å²) < 4.78 is 5.82. The Hall–Kier alpha value is -1.80. The largest absolute Gasteiger partial charge is 0.457 e. The van der Waals surface area contributed by atoms with Crippen LogP contribution in [0.25, 0.3) is 0 Å². The third-order valence-corrected chi connectivity index (χ3v) is 2.98. The fourth-order valence-electron chi connectivity index (χ4n) is 1.91. The van der Waals surface area contributed by atoms with Crippen LogP contribution in [0, 0.1) is 13.8 Å². The van der Waals surface area contributed by atoms with Crippen molar-refractivity contribution in [3.63, 3.8) is 0 Å². The standard InChI is InChI=1S/C16H19NO/c1-12-3-6-15(7-4-12)18-16-8-5-14(9-10-17)13(2)11-16/h3-8,11H,9-10,17H2,1-2H3. The number of nitrogens with two attached hydrogens (primary N) is 1. The molecule has 2 heteroatoms. The Bertz CT molecular complexity index is 517. The average molecular weight is 241 g/mol. The van der Waals surface area contributed by atoms with Crippen LogP contribution in [-0.2, 0) is 6.42 Å². The Kier molecular flexibility index (Phi) is 4.00. The summed E-state index contributed by atoms with van der Waals surface area (Å²) >= 11 is 0. The summed E-state index contributed by atoms with van der Waals surface area (Å²) in [5.41, 5.74) is 9.32. The lowest BCUT2D eigenvalue weighted by atomic mass is 10.1. The topological polar surface area (TPSA) is 35.2 Å². The molecule has 18 heavy (non-hydrogen) atoms. The van der Waals surface area contributed by atoms with E-state index in [2.05, 4.69) is 26.0 Å². The van der Waals surface area contributed by atoms with E-state index in [4.69, 9.17) is 10.5 Å². The van der Waals surface area contributed by atoms with Crippen LogP contribution >= 0.6 is 0 Å². The first-order chi connectivity index (χ1) is 8.69. The van der Waals surface area contributed by atoms with Gasteiger partial charge in [-0.1, -0.05) is 23.8 Å². The molecule has 0 aromatic heterocycles. The van der Waals surface area contributed by atoms with Crippen LogP contribution in [0.2, 0.25) is 0 Å². The number of aryl methyl sites for hydroxylation is 2. The maximum atomic E-state index is 5.82. The molecule has 0 spiro atoms. The smallest absolute Gasteiger partial charge is 0.127 e. The molecule has 0 aliphatic heterocycles. The first-order valence-corrected chi connectivity index (χ1v) is 6.23. The van der Waals surface area contributed by atoms with Crippen molar-refractivity contribution in [3.8, 4) is 11.5 Å². The van der Waals surface area contributed by atoms with Gasteiger partial charge in [0.25, 0.3) is 0 Å². The molecule has 94 valence electrons. The molecule has 0 aliphatic carbocycles. The highest BCUT2D eigenvalue weighted by atomic mass is 16.5. The van der Waals surface area contributed by atoms with Crippen molar-refractivity contribution in [2.75, 3.05) is 6.54 Å². The summed E-state index contributed by atoms with van der Waals surface area (Å²) in [6, 6.07) is 14.2. The quantitative estimate of drug-likeness (QED) is 0.887. The van der Waals surface area contributed by atoms with Crippen molar-refractivity contribution in [2.45, 2.75) is 20.3 Å². The summed E-state index contributed by atoms with van der Waals surface area (Å²) in [4.78, 5) is 0. The van der Waals surface area contributed by atoms with Gasteiger partial charge in [-0.05, 0) is 62.2 Å². The van der Waals surface area contributed by atoms with Crippen molar-refractivity contribution in [1.29, 1.82) is 0 Å². The highest BCUT2D eigenvalue weighted by Crippen LogP contribution is 2.24. The summed E-state index contributed by atoms with van der Waals surface area (Å²) in [7, 11) is 0. The van der Waals surface area contributed by atoms with Crippen LogP contribution in [0.4, 0.5) is 0 Å². The highest BCUT2D eigenvalue weighted by molar-refractivity contribution is 5.38. The van der Waals surface area contributed by atoms with Gasteiger partial charge in [0, 0.05) is 0 Å². The predicted octanol–water partition coefficient (Wildman–Crippen LogP) is 3.60. The summed E-state index contributed by atoms with van der Waals surface area (Å²) in [6.07, 6.45) is 0.913. The molecule has 2 aromatic rings. The second kappa shape index (κ2) is 5.69. The first kappa shape index (κ1) is 12.7. The van der Waals surface area contributed by atoms with E-state index in [1.165, 1.54) is 16.7 Å². The molecule has 0 fully saturated rings. The Labute approximate surface area is 108 Å². The Morgan fingerprint density at radius 1 is 0.944 bits per heavy atom. The molecule has 0 aliphatic rings. The van der Waals surface area contributed by atoms with Crippen molar-refractivity contribution in [2.24, 2.45) is 5.73 Å². The number of rotatable bonds is 4. The molecule has 2 aromatic carbocycles. The molecule has 0 unspecified atom stereocenters. The maximum Gasteiger partial charge on any atom is 0.127 e. The third kappa shape index (κ3) is 3.11. The maximum absolute atomic E-state index is 5.82. The monoisotopic (exact) mass is 241 g/mol. The Balaban J connectivity index is 2.14. The number of benzene rings is 2. The van der Waals surface area contributed by atoms with E-state index in [1.807, 2.05) is 30.3 Å². The summed E-state index contributed by atoms with van der Waals surface area (Å²) in [6.45, 7) is 4.83. The molecule has 0 radical (unpaired) electrons. The SMILES string of the molecule is Cc1ccc(Oc2ccc(CCN)c(C)c2)cc1. The predicted molar refractivity (Wildman–Crippen MR) is 75.2 cm³/mol. The number of hydrogen-bond donors (Lipinski definition) is 1. The van der Waals surface area contributed by atoms with Crippen LogP contribution in [0.15, 0.2) is 42.5 Å². The van der Waals surface area contributed by atoms with E-state index in [0.29, 0.717) is 6.54 Å². The highest BCUT2D eigenvalue weighted by Gasteiger charge is 2.01. The van der Waals surface area contributed by atoms with Crippen LogP contribution in [0.5, 0.6) is 11.5 Å². The van der Waals surface area contributed by atoms with Gasteiger partial charge in [0.1, 0.15) is 11.5 Å². The molecule has 2 N–H and O–H groups in total. The third-order valence-electron chi connectivity index (χ3n) is 2.98. The first-order valence-electron chi connectivity index (χ1n) is 6.23. The Morgan fingerprint density at radius 2 is 1.61 bits per heavy atom. The molecule has 2 rings (SSSR count). The van der Waals surface area contributed by atoms with Gasteiger partial charge >= 0.3 is 0 Å². The Morgan fingerprint density at radius 3 is 2.22 bits per heavy atom. The molecule has 0 heterocycles. The second-order valence-electron chi connectivity index (χ2n) is 4.54. The second-order valence-corrected chi connectivity index (χ2v) is 4.54. The normalized spacial score (nSPS) is 10.4. The lowest BCUT2D eigenvalue weighted by Gasteiger charge is -2.09. The minimum absolute atomic E-state index is 0.680. The molecule has 0 bridgehead atoms. The van der Waals surface area contributed by atoms with E-state index < -0.39 is 0 Å². The molecule has 2 nitrogen and oxygen atoms in total. The lowest BCUT2D eigenvalue weighted by Crippen LogP contribution is -2.04. The fourth-order valence-corrected chi connectivity index (χ4v) is 1.91. The van der Waals surface area contributed by atoms with E-state index >= 15 is 0 Å².